The third-order valence-electron chi connectivity index (χ3n) is 2.42. The van der Waals surface area contributed by atoms with Gasteiger partial charge in [0.2, 0.25) is 5.91 Å². The molecule has 0 bridgehead atoms. The zero-order chi connectivity index (χ0) is 9.84. The quantitative estimate of drug-likeness (QED) is 0.599. The van der Waals surface area contributed by atoms with Gasteiger partial charge in [-0.1, -0.05) is 0 Å². The first-order valence-electron chi connectivity index (χ1n) is 4.84. The average Bonchev–Trinajstić information content (AvgIpc) is 2.28. The second kappa shape index (κ2) is 4.58. The normalized spacial score (nSPS) is 22.5. The number of carbonyl (C=O) groups excluding carboxylic acids is 1. The standard InChI is InChI=1S/C9H19N3O/c1-8(10)9(13)12-5-3-4-11(2)6-7-12/h8H,3-7,10H2,1-2H3. The van der Waals surface area contributed by atoms with E-state index in [-0.39, 0.29) is 11.9 Å². The predicted molar refractivity (Wildman–Crippen MR) is 52.3 cm³/mol. The predicted octanol–water partition coefficient (Wildman–Crippen LogP) is -0.502. The minimum absolute atomic E-state index is 0.0790. The molecular formula is C9H19N3O. The Morgan fingerprint density at radius 1 is 1.31 bits per heavy atom. The summed E-state index contributed by atoms with van der Waals surface area (Å²) in [5, 5.41) is 0. The zero-order valence-corrected chi connectivity index (χ0v) is 8.49. The van der Waals surface area contributed by atoms with Crippen molar-refractivity contribution in [1.82, 2.24) is 9.80 Å². The topological polar surface area (TPSA) is 49.6 Å². The summed E-state index contributed by atoms with van der Waals surface area (Å²) in [4.78, 5) is 15.7. The van der Waals surface area contributed by atoms with Crippen molar-refractivity contribution in [2.75, 3.05) is 33.2 Å². The molecule has 1 heterocycles. The minimum atomic E-state index is -0.358. The Balaban J connectivity index is 2.46. The number of rotatable bonds is 1. The molecule has 0 spiro atoms. The molecular weight excluding hydrogens is 166 g/mol. The lowest BCUT2D eigenvalue weighted by Gasteiger charge is -2.22. The van der Waals surface area contributed by atoms with Gasteiger partial charge in [0.25, 0.3) is 0 Å². The Morgan fingerprint density at radius 2 is 2.00 bits per heavy atom. The van der Waals surface area contributed by atoms with Gasteiger partial charge in [0.15, 0.2) is 0 Å². The van der Waals surface area contributed by atoms with E-state index in [0.29, 0.717) is 0 Å². The first-order valence-corrected chi connectivity index (χ1v) is 4.84. The van der Waals surface area contributed by atoms with E-state index in [1.807, 2.05) is 4.90 Å². The molecule has 0 saturated carbocycles. The van der Waals surface area contributed by atoms with Crippen molar-refractivity contribution in [2.45, 2.75) is 19.4 Å². The van der Waals surface area contributed by atoms with Crippen molar-refractivity contribution in [2.24, 2.45) is 5.73 Å². The summed E-state index contributed by atoms with van der Waals surface area (Å²) in [6.45, 7) is 5.44. The summed E-state index contributed by atoms with van der Waals surface area (Å²) in [7, 11) is 2.08. The van der Waals surface area contributed by atoms with E-state index in [2.05, 4.69) is 11.9 Å². The van der Waals surface area contributed by atoms with Crippen LogP contribution in [0.1, 0.15) is 13.3 Å². The maximum Gasteiger partial charge on any atom is 0.239 e. The summed E-state index contributed by atoms with van der Waals surface area (Å²) in [6, 6.07) is -0.358. The lowest BCUT2D eigenvalue weighted by Crippen LogP contribution is -2.43. The monoisotopic (exact) mass is 185 g/mol. The minimum Gasteiger partial charge on any atom is -0.340 e. The lowest BCUT2D eigenvalue weighted by atomic mass is 10.3. The number of hydrogen-bond acceptors (Lipinski definition) is 3. The molecule has 0 aromatic carbocycles. The van der Waals surface area contributed by atoms with E-state index in [4.69, 9.17) is 5.73 Å². The Labute approximate surface area is 79.7 Å². The van der Waals surface area contributed by atoms with Gasteiger partial charge in [0.1, 0.15) is 0 Å². The fraction of sp³-hybridized carbons (Fsp3) is 0.889. The third kappa shape index (κ3) is 2.97. The van der Waals surface area contributed by atoms with Gasteiger partial charge in [0, 0.05) is 19.6 Å². The van der Waals surface area contributed by atoms with E-state index < -0.39 is 0 Å². The molecule has 1 fully saturated rings. The van der Waals surface area contributed by atoms with E-state index in [1.165, 1.54) is 0 Å². The van der Waals surface area contributed by atoms with Crippen molar-refractivity contribution in [3.8, 4) is 0 Å². The molecule has 0 aliphatic carbocycles. The molecule has 1 saturated heterocycles. The molecule has 0 aromatic rings. The fourth-order valence-corrected chi connectivity index (χ4v) is 1.55. The maximum atomic E-state index is 11.5. The van der Waals surface area contributed by atoms with Crippen molar-refractivity contribution in [1.29, 1.82) is 0 Å². The van der Waals surface area contributed by atoms with Gasteiger partial charge in [-0.05, 0) is 26.9 Å². The lowest BCUT2D eigenvalue weighted by molar-refractivity contribution is -0.132. The van der Waals surface area contributed by atoms with Gasteiger partial charge in [-0.2, -0.15) is 0 Å². The van der Waals surface area contributed by atoms with Crippen LogP contribution in [0.15, 0.2) is 0 Å². The SMILES string of the molecule is CC(N)C(=O)N1CCCN(C)CC1. The van der Waals surface area contributed by atoms with Crippen molar-refractivity contribution in [3.63, 3.8) is 0 Å². The van der Waals surface area contributed by atoms with Gasteiger partial charge in [0.05, 0.1) is 6.04 Å². The van der Waals surface area contributed by atoms with Crippen molar-refractivity contribution >= 4 is 5.91 Å². The first-order chi connectivity index (χ1) is 6.11. The maximum absolute atomic E-state index is 11.5. The summed E-state index contributed by atoms with van der Waals surface area (Å²) >= 11 is 0. The Hall–Kier alpha value is -0.610. The van der Waals surface area contributed by atoms with Crippen LogP contribution in [-0.4, -0.2) is 55.0 Å². The highest BCUT2D eigenvalue weighted by molar-refractivity contribution is 5.81. The molecule has 1 amide bonds. The number of carbonyl (C=O) groups is 1. The molecule has 1 rings (SSSR count). The average molecular weight is 185 g/mol. The Kier molecular flexibility index (Phi) is 3.69. The number of nitrogens with two attached hydrogens (primary N) is 1. The molecule has 4 nitrogen and oxygen atoms in total. The highest BCUT2D eigenvalue weighted by Gasteiger charge is 2.19. The highest BCUT2D eigenvalue weighted by Crippen LogP contribution is 2.02. The van der Waals surface area contributed by atoms with Crippen LogP contribution in [0.4, 0.5) is 0 Å². The van der Waals surface area contributed by atoms with E-state index in [0.717, 1.165) is 32.6 Å². The smallest absolute Gasteiger partial charge is 0.239 e. The summed E-state index contributed by atoms with van der Waals surface area (Å²) in [5.74, 6) is 0.0790. The molecule has 13 heavy (non-hydrogen) atoms. The summed E-state index contributed by atoms with van der Waals surface area (Å²) < 4.78 is 0. The van der Waals surface area contributed by atoms with E-state index in [1.54, 1.807) is 6.92 Å². The van der Waals surface area contributed by atoms with Crippen LogP contribution in [0.25, 0.3) is 0 Å². The fourth-order valence-electron chi connectivity index (χ4n) is 1.55. The molecule has 4 heteroatoms. The Bertz CT molecular complexity index is 182. The molecule has 1 aliphatic heterocycles. The highest BCUT2D eigenvalue weighted by atomic mass is 16.2. The van der Waals surface area contributed by atoms with Crippen LogP contribution in [0, 0.1) is 0 Å². The van der Waals surface area contributed by atoms with E-state index in [9.17, 15) is 4.79 Å². The van der Waals surface area contributed by atoms with Crippen molar-refractivity contribution in [3.05, 3.63) is 0 Å². The number of hydrogen-bond donors (Lipinski definition) is 1. The molecule has 0 aromatic heterocycles. The van der Waals surface area contributed by atoms with Gasteiger partial charge in [-0.25, -0.2) is 0 Å². The van der Waals surface area contributed by atoms with Crippen LogP contribution in [0.5, 0.6) is 0 Å². The molecule has 0 radical (unpaired) electrons. The molecule has 1 aliphatic rings. The van der Waals surface area contributed by atoms with Crippen molar-refractivity contribution < 1.29 is 4.79 Å². The number of amides is 1. The molecule has 76 valence electrons. The van der Waals surface area contributed by atoms with Crippen LogP contribution < -0.4 is 5.73 Å². The number of nitrogens with zero attached hydrogens (tertiary/aromatic N) is 2. The van der Waals surface area contributed by atoms with E-state index >= 15 is 0 Å². The first kappa shape index (κ1) is 10.5. The summed E-state index contributed by atoms with van der Waals surface area (Å²) in [5.41, 5.74) is 5.55. The van der Waals surface area contributed by atoms with Crippen LogP contribution in [0.3, 0.4) is 0 Å². The van der Waals surface area contributed by atoms with Gasteiger partial charge in [-0.15, -0.1) is 0 Å². The largest absolute Gasteiger partial charge is 0.340 e. The number of likely N-dealkylation sites (N-methyl/N-ethyl adjacent to an activating group) is 1. The second-order valence-corrected chi connectivity index (χ2v) is 3.77. The van der Waals surface area contributed by atoms with Gasteiger partial charge in [-0.3, -0.25) is 4.79 Å². The van der Waals surface area contributed by atoms with Crippen LogP contribution >= 0.6 is 0 Å². The van der Waals surface area contributed by atoms with Gasteiger partial charge >= 0.3 is 0 Å². The van der Waals surface area contributed by atoms with Gasteiger partial charge < -0.3 is 15.5 Å². The molecule has 2 N–H and O–H groups in total. The summed E-state index contributed by atoms with van der Waals surface area (Å²) in [6.07, 6.45) is 1.05. The molecule has 1 atom stereocenters. The molecule has 1 unspecified atom stereocenters. The third-order valence-corrected chi connectivity index (χ3v) is 2.42. The second-order valence-electron chi connectivity index (χ2n) is 3.77. The zero-order valence-electron chi connectivity index (χ0n) is 8.49. The van der Waals surface area contributed by atoms with Crippen LogP contribution in [-0.2, 0) is 4.79 Å². The Morgan fingerprint density at radius 3 is 2.62 bits per heavy atom. The van der Waals surface area contributed by atoms with Crippen LogP contribution in [0.2, 0.25) is 0 Å².